The Hall–Kier alpha value is -1.45. The van der Waals surface area contributed by atoms with E-state index in [9.17, 15) is 22.5 Å². The molecular formula is C18H27ClF4N2O3. The second-order valence-electron chi connectivity index (χ2n) is 5.68. The number of nitrogens with one attached hydrogen (secondary N) is 1. The fraction of sp³-hybridized carbons (Fsp3) is 0.667. The molecule has 1 fully saturated rings. The first-order valence-corrected chi connectivity index (χ1v) is 9.44. The molecule has 1 aromatic heterocycles. The standard InChI is InChI=1S/C13H14ClF3N2O.C3H7FO2.C2H6/c14-11-7-8(13(15,16)17)6-10(19-11)12(20)18-9-4-2-1-3-5-9;1-5-2-3-6-4;1-2/h6-7,9H,1-5H2,(H,18,20);2-3H2,1H3;1-2H3. The van der Waals surface area contributed by atoms with Crippen LogP contribution in [0.4, 0.5) is 17.7 Å². The maximum Gasteiger partial charge on any atom is 0.416 e. The first-order valence-electron chi connectivity index (χ1n) is 9.06. The van der Waals surface area contributed by atoms with E-state index in [-0.39, 0.29) is 23.5 Å². The third-order valence-electron chi connectivity index (χ3n) is 3.66. The number of halogens is 5. The van der Waals surface area contributed by atoms with Gasteiger partial charge in [-0.3, -0.25) is 4.79 Å². The summed E-state index contributed by atoms with van der Waals surface area (Å²) < 4.78 is 53.0. The van der Waals surface area contributed by atoms with Crippen LogP contribution in [0, 0.1) is 0 Å². The Kier molecular flexibility index (Phi) is 13.8. The Labute approximate surface area is 167 Å². The lowest BCUT2D eigenvalue weighted by Gasteiger charge is -2.22. The molecule has 10 heteroatoms. The molecule has 0 saturated heterocycles. The van der Waals surface area contributed by atoms with Crippen LogP contribution in [0.5, 0.6) is 0 Å². The van der Waals surface area contributed by atoms with Crippen molar-refractivity contribution >= 4 is 17.5 Å². The number of carbonyl (C=O) groups excluding carboxylic acids is 1. The molecule has 1 aromatic rings. The SMILES string of the molecule is CC.COCCOF.O=C(NC1CCCCC1)c1cc(C(F)(F)F)cc(Cl)n1. The second-order valence-corrected chi connectivity index (χ2v) is 6.06. The van der Waals surface area contributed by atoms with Gasteiger partial charge in [0.25, 0.3) is 5.91 Å². The lowest BCUT2D eigenvalue weighted by Crippen LogP contribution is -2.36. The number of methoxy groups -OCH3 is 1. The van der Waals surface area contributed by atoms with E-state index in [1.165, 1.54) is 7.11 Å². The highest BCUT2D eigenvalue weighted by molar-refractivity contribution is 6.29. The summed E-state index contributed by atoms with van der Waals surface area (Å²) in [6.45, 7) is 4.34. The molecule has 28 heavy (non-hydrogen) atoms. The van der Waals surface area contributed by atoms with Crippen molar-refractivity contribution in [2.75, 3.05) is 20.3 Å². The van der Waals surface area contributed by atoms with Gasteiger partial charge in [-0.05, 0) is 29.5 Å². The van der Waals surface area contributed by atoms with Crippen LogP contribution in [-0.2, 0) is 15.9 Å². The zero-order valence-electron chi connectivity index (χ0n) is 16.2. The third kappa shape index (κ3) is 10.8. The van der Waals surface area contributed by atoms with Gasteiger partial charge in [0.2, 0.25) is 0 Å². The minimum absolute atomic E-state index is 0.00590. The molecule has 0 spiro atoms. The second kappa shape index (κ2) is 14.5. The van der Waals surface area contributed by atoms with Gasteiger partial charge in [-0.1, -0.05) is 44.7 Å². The zero-order valence-corrected chi connectivity index (χ0v) is 17.0. The van der Waals surface area contributed by atoms with Crippen LogP contribution < -0.4 is 5.32 Å². The van der Waals surface area contributed by atoms with Crippen molar-refractivity contribution in [2.24, 2.45) is 0 Å². The van der Waals surface area contributed by atoms with Crippen LogP contribution in [0.15, 0.2) is 12.1 Å². The average Bonchev–Trinajstić information content (AvgIpc) is 2.68. The predicted molar refractivity (Wildman–Crippen MR) is 98.9 cm³/mol. The highest BCUT2D eigenvalue weighted by Crippen LogP contribution is 2.31. The van der Waals surface area contributed by atoms with Crippen molar-refractivity contribution in [3.05, 3.63) is 28.5 Å². The molecule has 0 radical (unpaired) electrons. The molecule has 0 atom stereocenters. The number of rotatable bonds is 5. The van der Waals surface area contributed by atoms with Gasteiger partial charge in [0.1, 0.15) is 17.5 Å². The molecule has 162 valence electrons. The number of hydrogen-bond acceptors (Lipinski definition) is 4. The summed E-state index contributed by atoms with van der Waals surface area (Å²) in [6, 6.07) is 1.44. The number of nitrogens with zero attached hydrogens (tertiary/aromatic N) is 1. The van der Waals surface area contributed by atoms with E-state index in [4.69, 9.17) is 11.6 Å². The highest BCUT2D eigenvalue weighted by Gasteiger charge is 2.32. The minimum Gasteiger partial charge on any atom is -0.382 e. The zero-order chi connectivity index (χ0) is 21.6. The van der Waals surface area contributed by atoms with Crippen LogP contribution in [0.25, 0.3) is 0 Å². The molecule has 1 N–H and O–H groups in total. The molecule has 1 saturated carbocycles. The van der Waals surface area contributed by atoms with Gasteiger partial charge in [-0.25, -0.2) is 4.98 Å². The Bertz CT molecular complexity index is 564. The van der Waals surface area contributed by atoms with Crippen LogP contribution >= 0.6 is 11.6 Å². The highest BCUT2D eigenvalue weighted by atomic mass is 35.5. The fourth-order valence-electron chi connectivity index (χ4n) is 2.40. The topological polar surface area (TPSA) is 60.5 Å². The lowest BCUT2D eigenvalue weighted by molar-refractivity contribution is -0.143. The maximum absolute atomic E-state index is 12.7. The van der Waals surface area contributed by atoms with Crippen molar-refractivity contribution in [2.45, 2.75) is 58.2 Å². The van der Waals surface area contributed by atoms with E-state index in [1.807, 2.05) is 13.8 Å². The summed E-state index contributed by atoms with van der Waals surface area (Å²) in [6.07, 6.45) is 0.298. The van der Waals surface area contributed by atoms with E-state index < -0.39 is 17.6 Å². The molecule has 0 aromatic carbocycles. The Morgan fingerprint density at radius 1 is 1.21 bits per heavy atom. The van der Waals surface area contributed by atoms with Gasteiger partial charge in [0.05, 0.1) is 12.2 Å². The lowest BCUT2D eigenvalue weighted by atomic mass is 9.95. The Balaban J connectivity index is 0.000000780. The van der Waals surface area contributed by atoms with Gasteiger partial charge >= 0.3 is 6.18 Å². The molecule has 1 heterocycles. The van der Waals surface area contributed by atoms with E-state index in [1.54, 1.807) is 0 Å². The van der Waals surface area contributed by atoms with Gasteiger partial charge in [-0.15, -0.1) is 0 Å². The van der Waals surface area contributed by atoms with Gasteiger partial charge < -0.3 is 10.1 Å². The van der Waals surface area contributed by atoms with E-state index in [0.717, 1.165) is 38.2 Å². The minimum atomic E-state index is -4.55. The number of aromatic nitrogens is 1. The van der Waals surface area contributed by atoms with Crippen molar-refractivity contribution in [3.63, 3.8) is 0 Å². The quantitative estimate of drug-likeness (QED) is 0.387. The normalized spacial score (nSPS) is 14.3. The summed E-state index contributed by atoms with van der Waals surface area (Å²) in [5, 5.41) is 2.37. The summed E-state index contributed by atoms with van der Waals surface area (Å²) in [4.78, 5) is 18.8. The number of amides is 1. The van der Waals surface area contributed by atoms with E-state index in [2.05, 4.69) is 20.0 Å². The van der Waals surface area contributed by atoms with E-state index >= 15 is 0 Å². The van der Waals surface area contributed by atoms with Crippen molar-refractivity contribution < 1.29 is 32.2 Å². The van der Waals surface area contributed by atoms with Crippen LogP contribution in [0.2, 0.25) is 5.15 Å². The first-order chi connectivity index (χ1) is 13.3. The molecule has 0 unspecified atom stereocenters. The number of ether oxygens (including phenoxy) is 1. The summed E-state index contributed by atoms with van der Waals surface area (Å²) >= 11 is 5.55. The molecule has 1 aliphatic rings. The van der Waals surface area contributed by atoms with Gasteiger partial charge in [0, 0.05) is 13.2 Å². The number of hydrogen-bond donors (Lipinski definition) is 1. The summed E-state index contributed by atoms with van der Waals surface area (Å²) in [5.74, 6) is -0.607. The fourth-order valence-corrected chi connectivity index (χ4v) is 2.61. The molecule has 5 nitrogen and oxygen atoms in total. The van der Waals surface area contributed by atoms with Crippen molar-refractivity contribution in [1.82, 2.24) is 10.3 Å². The predicted octanol–water partition coefficient (Wildman–Crippen LogP) is 5.38. The Morgan fingerprint density at radius 2 is 1.82 bits per heavy atom. The molecule has 1 aliphatic carbocycles. The van der Waals surface area contributed by atoms with Gasteiger partial charge in [0.15, 0.2) is 0 Å². The molecule has 0 bridgehead atoms. The van der Waals surface area contributed by atoms with Crippen LogP contribution in [-0.4, -0.2) is 37.3 Å². The summed E-state index contributed by atoms with van der Waals surface area (Å²) in [7, 11) is 1.49. The van der Waals surface area contributed by atoms with Crippen molar-refractivity contribution in [1.29, 1.82) is 0 Å². The van der Waals surface area contributed by atoms with E-state index in [0.29, 0.717) is 12.7 Å². The van der Waals surface area contributed by atoms with Gasteiger partial charge in [-0.2, -0.15) is 18.1 Å². The molecule has 2 rings (SSSR count). The number of pyridine rings is 1. The van der Waals surface area contributed by atoms with Crippen molar-refractivity contribution in [3.8, 4) is 0 Å². The van der Waals surface area contributed by atoms with Crippen LogP contribution in [0.1, 0.15) is 62.0 Å². The summed E-state index contributed by atoms with van der Waals surface area (Å²) in [5.41, 5.74) is -1.26. The number of alkyl halides is 3. The average molecular weight is 431 g/mol. The maximum atomic E-state index is 12.7. The largest absolute Gasteiger partial charge is 0.416 e. The monoisotopic (exact) mass is 430 g/mol. The third-order valence-corrected chi connectivity index (χ3v) is 3.85. The Morgan fingerprint density at radius 3 is 2.29 bits per heavy atom. The molecular weight excluding hydrogens is 404 g/mol. The smallest absolute Gasteiger partial charge is 0.382 e. The molecule has 1 amide bonds. The first kappa shape index (κ1) is 26.6. The van der Waals surface area contributed by atoms with Crippen LogP contribution in [0.3, 0.4) is 0 Å². The molecule has 0 aliphatic heterocycles. The number of carbonyl (C=O) groups is 1.